The van der Waals surface area contributed by atoms with Crippen LogP contribution in [-0.2, 0) is 9.53 Å². The largest absolute Gasteiger partial charge is 0.494 e. The number of alkyl halides is 2. The van der Waals surface area contributed by atoms with E-state index in [9.17, 15) is 13.6 Å². The van der Waals surface area contributed by atoms with Crippen molar-refractivity contribution in [1.82, 2.24) is 0 Å². The summed E-state index contributed by atoms with van der Waals surface area (Å²) in [6, 6.07) is 4.32. The van der Waals surface area contributed by atoms with Gasteiger partial charge in [0.1, 0.15) is 11.8 Å². The predicted octanol–water partition coefficient (Wildman–Crippen LogP) is 2.71. The zero-order valence-corrected chi connectivity index (χ0v) is 12.1. The molecule has 0 fully saturated rings. The minimum atomic E-state index is -3.80. The Morgan fingerprint density at radius 2 is 1.90 bits per heavy atom. The van der Waals surface area contributed by atoms with Crippen LogP contribution in [0.15, 0.2) is 24.3 Å². The Kier molecular flexibility index (Phi) is 7.45. The summed E-state index contributed by atoms with van der Waals surface area (Å²) in [5.41, 5.74) is 5.58. The maximum Gasteiger partial charge on any atom is 0.379 e. The molecule has 0 aliphatic heterocycles. The lowest BCUT2D eigenvalue weighted by atomic mass is 10.0. The molecule has 0 aliphatic carbocycles. The zero-order valence-electron chi connectivity index (χ0n) is 11.3. The van der Waals surface area contributed by atoms with E-state index in [2.05, 4.69) is 4.74 Å². The topological polar surface area (TPSA) is 61.5 Å². The highest BCUT2D eigenvalue weighted by Crippen LogP contribution is 2.35. The van der Waals surface area contributed by atoms with E-state index in [1.165, 1.54) is 19.1 Å². The lowest BCUT2D eigenvalue weighted by Crippen LogP contribution is -2.41. The zero-order chi connectivity index (χ0) is 14.5. The number of carbonyl (C=O) groups is 1. The number of halogens is 3. The van der Waals surface area contributed by atoms with Crippen molar-refractivity contribution >= 4 is 18.4 Å². The fourth-order valence-corrected chi connectivity index (χ4v) is 1.57. The van der Waals surface area contributed by atoms with Crippen LogP contribution < -0.4 is 10.5 Å². The van der Waals surface area contributed by atoms with Gasteiger partial charge in [0, 0.05) is 5.56 Å². The fourth-order valence-electron chi connectivity index (χ4n) is 1.57. The first-order valence-corrected chi connectivity index (χ1v) is 5.97. The molecule has 7 heteroatoms. The molecule has 1 rings (SSSR count). The van der Waals surface area contributed by atoms with Crippen LogP contribution in [0.1, 0.15) is 25.5 Å². The highest BCUT2D eigenvalue weighted by Gasteiger charge is 2.48. The van der Waals surface area contributed by atoms with Gasteiger partial charge >= 0.3 is 11.9 Å². The third-order valence-corrected chi connectivity index (χ3v) is 2.49. The molecule has 0 spiro atoms. The maximum absolute atomic E-state index is 13.8. The van der Waals surface area contributed by atoms with E-state index in [1.807, 2.05) is 0 Å². The van der Waals surface area contributed by atoms with Crippen LogP contribution >= 0.6 is 12.4 Å². The summed E-state index contributed by atoms with van der Waals surface area (Å²) in [6.45, 7) is 3.36. The summed E-state index contributed by atoms with van der Waals surface area (Å²) < 4.78 is 37.3. The molecule has 0 radical (unpaired) electrons. The van der Waals surface area contributed by atoms with E-state index in [0.29, 0.717) is 6.61 Å². The minimum absolute atomic E-state index is 0. The van der Waals surface area contributed by atoms with E-state index >= 15 is 0 Å². The van der Waals surface area contributed by atoms with Gasteiger partial charge in [0.15, 0.2) is 0 Å². The van der Waals surface area contributed by atoms with Gasteiger partial charge < -0.3 is 15.2 Å². The van der Waals surface area contributed by atoms with Crippen LogP contribution in [0.25, 0.3) is 0 Å². The molecule has 0 heterocycles. The molecule has 0 amide bonds. The standard InChI is InChI=1S/C13H17F2NO3.ClH/c1-3-18-10-8-6-5-7-9(10)11(16)13(14,15)12(17)19-4-2;/h5-8,11H,3-4,16H2,1-2H3;1H/t11-;/m0./s1. The van der Waals surface area contributed by atoms with Crippen LogP contribution in [0.4, 0.5) is 8.78 Å². The molecule has 0 bridgehead atoms. The van der Waals surface area contributed by atoms with Crippen molar-refractivity contribution < 1.29 is 23.0 Å². The number of hydrogen-bond donors (Lipinski definition) is 1. The predicted molar refractivity (Wildman–Crippen MR) is 73.4 cm³/mol. The summed E-state index contributed by atoms with van der Waals surface area (Å²) >= 11 is 0. The van der Waals surface area contributed by atoms with E-state index in [4.69, 9.17) is 10.5 Å². The molecular formula is C13H18ClF2NO3. The summed E-state index contributed by atoms with van der Waals surface area (Å²) in [5.74, 6) is -5.20. The maximum atomic E-state index is 13.8. The normalized spacial score (nSPS) is 12.2. The van der Waals surface area contributed by atoms with E-state index in [0.717, 1.165) is 0 Å². The summed E-state index contributed by atoms with van der Waals surface area (Å²) in [5, 5.41) is 0. The Hall–Kier alpha value is -1.40. The van der Waals surface area contributed by atoms with Crippen LogP contribution in [0.5, 0.6) is 5.75 Å². The van der Waals surface area contributed by atoms with Gasteiger partial charge in [-0.1, -0.05) is 18.2 Å². The molecule has 20 heavy (non-hydrogen) atoms. The van der Waals surface area contributed by atoms with E-state index in [-0.39, 0.29) is 30.3 Å². The molecule has 0 aromatic heterocycles. The molecule has 114 valence electrons. The van der Waals surface area contributed by atoms with Crippen LogP contribution in [0.3, 0.4) is 0 Å². The molecule has 0 saturated heterocycles. The van der Waals surface area contributed by atoms with Gasteiger partial charge in [0.05, 0.1) is 13.2 Å². The van der Waals surface area contributed by atoms with Gasteiger partial charge in [0.25, 0.3) is 0 Å². The van der Waals surface area contributed by atoms with Gasteiger partial charge in [-0.15, -0.1) is 12.4 Å². The van der Waals surface area contributed by atoms with E-state index < -0.39 is 17.9 Å². The molecule has 1 aromatic carbocycles. The fraction of sp³-hybridized carbons (Fsp3) is 0.462. The molecule has 0 saturated carbocycles. The second-order valence-electron chi connectivity index (χ2n) is 3.79. The third kappa shape index (κ3) is 4.05. The average molecular weight is 310 g/mol. The average Bonchev–Trinajstić information content (AvgIpc) is 2.39. The second-order valence-corrected chi connectivity index (χ2v) is 3.79. The number of para-hydroxylation sites is 1. The monoisotopic (exact) mass is 309 g/mol. The number of nitrogens with two attached hydrogens (primary N) is 1. The van der Waals surface area contributed by atoms with Crippen molar-refractivity contribution in [3.63, 3.8) is 0 Å². The Labute approximate surface area is 122 Å². The first-order chi connectivity index (χ1) is 8.95. The SMILES string of the molecule is CCOC(=O)C(F)(F)[C@@H](N)c1ccccc1OCC.Cl. The van der Waals surface area contributed by atoms with Crippen molar-refractivity contribution in [2.24, 2.45) is 5.73 Å². The smallest absolute Gasteiger partial charge is 0.379 e. The third-order valence-electron chi connectivity index (χ3n) is 2.49. The van der Waals surface area contributed by atoms with Gasteiger partial charge in [-0.05, 0) is 19.9 Å². The summed E-state index contributed by atoms with van der Waals surface area (Å²) in [6.07, 6.45) is 0. The molecule has 1 aromatic rings. The first-order valence-electron chi connectivity index (χ1n) is 5.97. The Morgan fingerprint density at radius 3 is 2.45 bits per heavy atom. The van der Waals surface area contributed by atoms with Gasteiger partial charge in [-0.3, -0.25) is 0 Å². The lowest BCUT2D eigenvalue weighted by molar-refractivity contribution is -0.174. The van der Waals surface area contributed by atoms with Crippen molar-refractivity contribution in [2.45, 2.75) is 25.8 Å². The minimum Gasteiger partial charge on any atom is -0.494 e. The van der Waals surface area contributed by atoms with Crippen LogP contribution in [-0.4, -0.2) is 25.1 Å². The molecule has 0 unspecified atom stereocenters. The van der Waals surface area contributed by atoms with Crippen molar-refractivity contribution in [3.05, 3.63) is 29.8 Å². The van der Waals surface area contributed by atoms with Gasteiger partial charge in [-0.25, -0.2) is 4.79 Å². The van der Waals surface area contributed by atoms with Crippen LogP contribution in [0, 0.1) is 0 Å². The summed E-state index contributed by atoms with van der Waals surface area (Å²) in [4.78, 5) is 11.3. The number of rotatable bonds is 6. The number of ether oxygens (including phenoxy) is 2. The highest BCUT2D eigenvalue weighted by atomic mass is 35.5. The quantitative estimate of drug-likeness (QED) is 0.821. The van der Waals surface area contributed by atoms with Crippen molar-refractivity contribution in [1.29, 1.82) is 0 Å². The van der Waals surface area contributed by atoms with Crippen molar-refractivity contribution in [3.8, 4) is 5.75 Å². The number of hydrogen-bond acceptors (Lipinski definition) is 4. The molecular weight excluding hydrogens is 292 g/mol. The Balaban J connectivity index is 0.00000361. The van der Waals surface area contributed by atoms with Gasteiger partial charge in [-0.2, -0.15) is 8.78 Å². The van der Waals surface area contributed by atoms with E-state index in [1.54, 1.807) is 19.1 Å². The summed E-state index contributed by atoms with van der Waals surface area (Å²) in [7, 11) is 0. The van der Waals surface area contributed by atoms with Crippen LogP contribution in [0.2, 0.25) is 0 Å². The highest BCUT2D eigenvalue weighted by molar-refractivity contribution is 5.85. The molecule has 0 aliphatic rings. The first kappa shape index (κ1) is 18.6. The second kappa shape index (κ2) is 8.01. The Morgan fingerprint density at radius 1 is 1.30 bits per heavy atom. The molecule has 4 nitrogen and oxygen atoms in total. The number of esters is 1. The number of benzene rings is 1. The Bertz CT molecular complexity index is 443. The molecule has 2 N–H and O–H groups in total. The number of carbonyl (C=O) groups excluding carboxylic acids is 1. The van der Waals surface area contributed by atoms with Crippen molar-refractivity contribution in [2.75, 3.05) is 13.2 Å². The van der Waals surface area contributed by atoms with Gasteiger partial charge in [0.2, 0.25) is 0 Å². The lowest BCUT2D eigenvalue weighted by Gasteiger charge is -2.23. The molecule has 1 atom stereocenters.